The molecular weight excluding hydrogens is 248 g/mol. The van der Waals surface area contributed by atoms with Gasteiger partial charge in [-0.05, 0) is 42.3 Å². The highest BCUT2D eigenvalue weighted by Gasteiger charge is 2.02. The van der Waals surface area contributed by atoms with Crippen molar-refractivity contribution < 1.29 is 0 Å². The molecule has 0 saturated heterocycles. The maximum Gasteiger partial charge on any atom is 0.0743 e. The molecule has 4 heteroatoms. The smallest absolute Gasteiger partial charge is 0.0743 e. The summed E-state index contributed by atoms with van der Waals surface area (Å²) in [5.41, 5.74) is 9.74. The molecule has 20 heavy (non-hydrogen) atoms. The Balaban J connectivity index is 1.74. The van der Waals surface area contributed by atoms with Gasteiger partial charge in [0.1, 0.15) is 0 Å². The number of pyridine rings is 2. The first-order valence-electron chi connectivity index (χ1n) is 6.60. The molecule has 0 saturated carbocycles. The van der Waals surface area contributed by atoms with Crippen molar-refractivity contribution in [3.05, 3.63) is 60.6 Å². The molecule has 0 spiro atoms. The number of hydrogen-bond acceptors (Lipinski definition) is 4. The Bertz CT molecular complexity index is 710. The molecule has 0 aliphatic carbocycles. The average Bonchev–Trinajstić information content (AvgIpc) is 2.48. The van der Waals surface area contributed by atoms with E-state index in [0.29, 0.717) is 0 Å². The molecule has 0 aliphatic rings. The number of fused-ring (bicyclic) bond motifs is 1. The van der Waals surface area contributed by atoms with Crippen molar-refractivity contribution in [1.29, 1.82) is 0 Å². The first-order chi connectivity index (χ1) is 9.83. The van der Waals surface area contributed by atoms with Crippen molar-refractivity contribution in [3.8, 4) is 0 Å². The Morgan fingerprint density at radius 2 is 2.05 bits per heavy atom. The van der Waals surface area contributed by atoms with Gasteiger partial charge >= 0.3 is 0 Å². The highest BCUT2D eigenvalue weighted by molar-refractivity contribution is 5.92. The van der Waals surface area contributed by atoms with Crippen molar-refractivity contribution in [3.63, 3.8) is 0 Å². The lowest BCUT2D eigenvalue weighted by atomic mass is 10.1. The summed E-state index contributed by atoms with van der Waals surface area (Å²) in [6.07, 6.45) is 6.42. The maximum absolute atomic E-state index is 5.78. The second-order valence-corrected chi connectivity index (χ2v) is 4.67. The van der Waals surface area contributed by atoms with Crippen LogP contribution in [0.2, 0.25) is 0 Å². The average molecular weight is 264 g/mol. The van der Waals surface area contributed by atoms with E-state index in [1.807, 2.05) is 36.5 Å². The van der Waals surface area contributed by atoms with Crippen molar-refractivity contribution >= 4 is 22.3 Å². The number of anilines is 2. The summed E-state index contributed by atoms with van der Waals surface area (Å²) >= 11 is 0. The number of nitrogens with two attached hydrogens (primary N) is 1. The van der Waals surface area contributed by atoms with Crippen LogP contribution in [-0.2, 0) is 6.42 Å². The number of rotatable bonds is 4. The Morgan fingerprint density at radius 1 is 1.10 bits per heavy atom. The van der Waals surface area contributed by atoms with Crippen LogP contribution in [0.15, 0.2) is 55.0 Å². The van der Waals surface area contributed by atoms with Gasteiger partial charge in [-0.3, -0.25) is 9.97 Å². The molecule has 0 aliphatic heterocycles. The first kappa shape index (κ1) is 12.4. The second-order valence-electron chi connectivity index (χ2n) is 4.67. The van der Waals surface area contributed by atoms with E-state index in [4.69, 9.17) is 5.73 Å². The number of aromatic nitrogens is 2. The van der Waals surface area contributed by atoms with E-state index in [1.54, 1.807) is 12.4 Å². The lowest BCUT2D eigenvalue weighted by molar-refractivity contribution is 1.01. The van der Waals surface area contributed by atoms with Gasteiger partial charge in [-0.2, -0.15) is 0 Å². The predicted octanol–water partition coefficient (Wildman–Crippen LogP) is 2.87. The van der Waals surface area contributed by atoms with Gasteiger partial charge in [0, 0.05) is 41.9 Å². The van der Waals surface area contributed by atoms with Gasteiger partial charge in [-0.1, -0.05) is 6.07 Å². The largest absolute Gasteiger partial charge is 0.399 e. The fraction of sp³-hybridized carbons (Fsp3) is 0.125. The monoisotopic (exact) mass is 264 g/mol. The molecule has 4 nitrogen and oxygen atoms in total. The summed E-state index contributed by atoms with van der Waals surface area (Å²) in [5.74, 6) is 0. The molecule has 100 valence electrons. The van der Waals surface area contributed by atoms with Crippen molar-refractivity contribution in [2.75, 3.05) is 17.6 Å². The van der Waals surface area contributed by atoms with Crippen LogP contribution in [0.4, 0.5) is 11.4 Å². The highest BCUT2D eigenvalue weighted by Crippen LogP contribution is 2.23. The van der Waals surface area contributed by atoms with E-state index in [1.165, 1.54) is 5.56 Å². The van der Waals surface area contributed by atoms with E-state index < -0.39 is 0 Å². The molecule has 0 bridgehead atoms. The Labute approximate surface area is 117 Å². The van der Waals surface area contributed by atoms with Crippen LogP contribution in [0.1, 0.15) is 5.56 Å². The zero-order chi connectivity index (χ0) is 13.8. The summed E-state index contributed by atoms with van der Waals surface area (Å²) < 4.78 is 0. The predicted molar refractivity (Wildman–Crippen MR) is 82.6 cm³/mol. The van der Waals surface area contributed by atoms with E-state index in [9.17, 15) is 0 Å². The van der Waals surface area contributed by atoms with Gasteiger partial charge in [0.2, 0.25) is 0 Å². The summed E-state index contributed by atoms with van der Waals surface area (Å²) in [4.78, 5) is 8.46. The molecular formula is C16H16N4. The summed E-state index contributed by atoms with van der Waals surface area (Å²) in [6.45, 7) is 0.856. The van der Waals surface area contributed by atoms with E-state index >= 15 is 0 Å². The van der Waals surface area contributed by atoms with Crippen LogP contribution >= 0.6 is 0 Å². The minimum absolute atomic E-state index is 0.734. The van der Waals surface area contributed by atoms with Crippen LogP contribution in [-0.4, -0.2) is 16.5 Å². The van der Waals surface area contributed by atoms with Crippen molar-refractivity contribution in [2.45, 2.75) is 6.42 Å². The third-order valence-electron chi connectivity index (χ3n) is 3.22. The quantitative estimate of drug-likeness (QED) is 0.711. The van der Waals surface area contributed by atoms with Crippen LogP contribution in [0.3, 0.4) is 0 Å². The molecule has 2 heterocycles. The van der Waals surface area contributed by atoms with Crippen LogP contribution in [0.25, 0.3) is 10.9 Å². The van der Waals surface area contributed by atoms with E-state index in [-0.39, 0.29) is 0 Å². The third kappa shape index (κ3) is 2.69. The fourth-order valence-corrected chi connectivity index (χ4v) is 2.21. The molecule has 0 atom stereocenters. The van der Waals surface area contributed by atoms with Crippen LogP contribution < -0.4 is 11.1 Å². The molecule has 0 amide bonds. The van der Waals surface area contributed by atoms with Crippen LogP contribution in [0.5, 0.6) is 0 Å². The number of nitrogen functional groups attached to an aromatic ring is 1. The molecule has 2 aromatic heterocycles. The molecule has 1 aromatic carbocycles. The number of hydrogen-bond donors (Lipinski definition) is 2. The van der Waals surface area contributed by atoms with Gasteiger partial charge in [-0.25, -0.2) is 0 Å². The lowest BCUT2D eigenvalue weighted by Crippen LogP contribution is -2.05. The standard InChI is InChI=1S/C16H16N4/c17-13-3-4-14-15(6-9-20-16(14)10-13)19-8-5-12-2-1-7-18-11-12/h1-4,6-7,9-11H,5,8,17H2,(H,19,20). The summed E-state index contributed by atoms with van der Waals surface area (Å²) in [6, 6.07) is 11.8. The molecule has 0 unspecified atom stereocenters. The second kappa shape index (κ2) is 5.57. The summed E-state index contributed by atoms with van der Waals surface area (Å²) in [5, 5.41) is 4.54. The Morgan fingerprint density at radius 3 is 2.90 bits per heavy atom. The minimum atomic E-state index is 0.734. The highest BCUT2D eigenvalue weighted by atomic mass is 14.9. The van der Waals surface area contributed by atoms with E-state index in [2.05, 4.69) is 21.4 Å². The van der Waals surface area contributed by atoms with Gasteiger partial charge in [0.05, 0.1) is 5.52 Å². The van der Waals surface area contributed by atoms with E-state index in [0.717, 1.165) is 35.2 Å². The Hall–Kier alpha value is -2.62. The number of benzene rings is 1. The van der Waals surface area contributed by atoms with Crippen molar-refractivity contribution in [2.24, 2.45) is 0 Å². The zero-order valence-corrected chi connectivity index (χ0v) is 11.1. The SMILES string of the molecule is Nc1ccc2c(NCCc3cccnc3)ccnc2c1. The zero-order valence-electron chi connectivity index (χ0n) is 11.1. The van der Waals surface area contributed by atoms with Gasteiger partial charge < -0.3 is 11.1 Å². The number of nitrogens with zero attached hydrogens (tertiary/aromatic N) is 2. The van der Waals surface area contributed by atoms with Crippen LogP contribution in [0, 0.1) is 0 Å². The normalized spacial score (nSPS) is 10.6. The number of nitrogens with one attached hydrogen (secondary N) is 1. The third-order valence-corrected chi connectivity index (χ3v) is 3.22. The van der Waals surface area contributed by atoms with Gasteiger partial charge in [0.15, 0.2) is 0 Å². The lowest BCUT2D eigenvalue weighted by Gasteiger charge is -2.09. The maximum atomic E-state index is 5.78. The molecule has 0 fully saturated rings. The first-order valence-corrected chi connectivity index (χ1v) is 6.60. The summed E-state index contributed by atoms with van der Waals surface area (Å²) in [7, 11) is 0. The topological polar surface area (TPSA) is 63.8 Å². The molecule has 3 rings (SSSR count). The fourth-order valence-electron chi connectivity index (χ4n) is 2.21. The molecule has 3 N–H and O–H groups in total. The molecule has 3 aromatic rings. The van der Waals surface area contributed by atoms with Crippen molar-refractivity contribution in [1.82, 2.24) is 9.97 Å². The van der Waals surface area contributed by atoms with Gasteiger partial charge in [0.25, 0.3) is 0 Å². The minimum Gasteiger partial charge on any atom is -0.399 e. The Kier molecular flexibility index (Phi) is 3.46. The van der Waals surface area contributed by atoms with Gasteiger partial charge in [-0.15, -0.1) is 0 Å². The molecule has 0 radical (unpaired) electrons.